The Morgan fingerprint density at radius 3 is 2.81 bits per heavy atom. The van der Waals surface area contributed by atoms with Crippen molar-refractivity contribution >= 4 is 23.9 Å². The van der Waals surface area contributed by atoms with Crippen LogP contribution >= 0.6 is 0 Å². The third-order valence-electron chi connectivity index (χ3n) is 3.71. The largest absolute Gasteiger partial charge is 0.465 e. The van der Waals surface area contributed by atoms with E-state index in [4.69, 9.17) is 9.15 Å². The first-order valence-corrected chi connectivity index (χ1v) is 8.36. The Labute approximate surface area is 151 Å². The molecular weight excluding hydrogens is 336 g/mol. The third-order valence-corrected chi connectivity index (χ3v) is 3.71. The number of hydrogen-bond acceptors (Lipinski definition) is 8. The molecule has 0 aliphatic carbocycles. The number of morpholine rings is 1. The maximum atomic E-state index is 12.0. The van der Waals surface area contributed by atoms with Crippen LogP contribution in [0.1, 0.15) is 11.6 Å². The van der Waals surface area contributed by atoms with E-state index in [0.717, 1.165) is 13.1 Å². The smallest absolute Gasteiger partial charge is 0.244 e. The maximum Gasteiger partial charge on any atom is 0.244 e. The van der Waals surface area contributed by atoms with E-state index in [1.54, 1.807) is 24.5 Å². The molecule has 0 bridgehead atoms. The molecule has 0 unspecified atom stereocenters. The number of amides is 1. The highest BCUT2D eigenvalue weighted by Gasteiger charge is 2.17. The van der Waals surface area contributed by atoms with Gasteiger partial charge in [-0.3, -0.25) is 4.79 Å². The first kappa shape index (κ1) is 17.9. The Morgan fingerprint density at radius 1 is 1.31 bits per heavy atom. The Morgan fingerprint density at radius 2 is 2.12 bits per heavy atom. The zero-order valence-electron chi connectivity index (χ0n) is 14.9. The van der Waals surface area contributed by atoms with Crippen LogP contribution in [-0.2, 0) is 16.1 Å². The van der Waals surface area contributed by atoms with Gasteiger partial charge in [0, 0.05) is 33.3 Å². The minimum atomic E-state index is -0.249. The summed E-state index contributed by atoms with van der Waals surface area (Å²) in [6, 6.07) is 3.53. The van der Waals surface area contributed by atoms with Crippen molar-refractivity contribution in [1.82, 2.24) is 20.3 Å². The van der Waals surface area contributed by atoms with Crippen molar-refractivity contribution in [2.24, 2.45) is 0 Å². The molecular formula is C17H22N6O3. The number of rotatable bonds is 6. The first-order valence-electron chi connectivity index (χ1n) is 8.36. The van der Waals surface area contributed by atoms with E-state index >= 15 is 0 Å². The molecule has 26 heavy (non-hydrogen) atoms. The molecule has 1 amide bonds. The number of hydrogen-bond donors (Lipinski definition) is 1. The van der Waals surface area contributed by atoms with Crippen LogP contribution in [0.2, 0.25) is 0 Å². The van der Waals surface area contributed by atoms with Crippen molar-refractivity contribution in [2.75, 3.05) is 50.2 Å². The van der Waals surface area contributed by atoms with Gasteiger partial charge >= 0.3 is 0 Å². The number of ether oxygens (including phenoxy) is 1. The number of nitrogens with zero attached hydrogens (tertiary/aromatic N) is 5. The minimum Gasteiger partial charge on any atom is -0.465 e. The summed E-state index contributed by atoms with van der Waals surface area (Å²) in [7, 11) is 3.74. The highest BCUT2D eigenvalue weighted by atomic mass is 16.5. The van der Waals surface area contributed by atoms with Gasteiger partial charge in [0.1, 0.15) is 5.76 Å². The molecule has 2 aromatic heterocycles. The SMILES string of the molecule is CN(C)c1nc(CNC(=O)/C=C/c2ccco2)nc(N2CCOCC2)n1. The van der Waals surface area contributed by atoms with E-state index in [-0.39, 0.29) is 12.5 Å². The Hall–Kier alpha value is -2.94. The van der Waals surface area contributed by atoms with Crippen molar-refractivity contribution in [3.05, 3.63) is 36.1 Å². The number of furan rings is 1. The summed E-state index contributed by atoms with van der Waals surface area (Å²) in [5.41, 5.74) is 0. The summed E-state index contributed by atoms with van der Waals surface area (Å²) < 4.78 is 10.5. The molecule has 9 heteroatoms. The zero-order valence-corrected chi connectivity index (χ0v) is 14.9. The van der Waals surface area contributed by atoms with Crippen molar-refractivity contribution in [3.63, 3.8) is 0 Å². The zero-order chi connectivity index (χ0) is 18.4. The van der Waals surface area contributed by atoms with E-state index in [9.17, 15) is 4.79 Å². The van der Waals surface area contributed by atoms with Gasteiger partial charge in [-0.2, -0.15) is 15.0 Å². The van der Waals surface area contributed by atoms with E-state index in [1.807, 2.05) is 19.0 Å². The summed E-state index contributed by atoms with van der Waals surface area (Å²) in [5.74, 6) is 2.02. The van der Waals surface area contributed by atoms with E-state index < -0.39 is 0 Å². The number of nitrogens with one attached hydrogen (secondary N) is 1. The molecule has 0 atom stereocenters. The quantitative estimate of drug-likeness (QED) is 0.754. The van der Waals surface area contributed by atoms with Crippen LogP contribution in [0, 0.1) is 0 Å². The first-order chi connectivity index (χ1) is 12.6. The van der Waals surface area contributed by atoms with E-state index in [0.29, 0.717) is 36.7 Å². The summed E-state index contributed by atoms with van der Waals surface area (Å²) in [5, 5.41) is 2.78. The molecule has 1 N–H and O–H groups in total. The molecule has 1 aliphatic heterocycles. The molecule has 1 fully saturated rings. The van der Waals surface area contributed by atoms with Crippen molar-refractivity contribution in [1.29, 1.82) is 0 Å². The monoisotopic (exact) mass is 358 g/mol. The topological polar surface area (TPSA) is 96.6 Å². The Kier molecular flexibility index (Phi) is 5.80. The van der Waals surface area contributed by atoms with Gasteiger partial charge in [0.05, 0.1) is 26.0 Å². The molecule has 3 rings (SSSR count). The lowest BCUT2D eigenvalue weighted by Gasteiger charge is -2.27. The van der Waals surface area contributed by atoms with E-state index in [1.165, 1.54) is 6.08 Å². The number of carbonyl (C=O) groups excluding carboxylic acids is 1. The van der Waals surface area contributed by atoms with Crippen LogP contribution < -0.4 is 15.1 Å². The number of aromatic nitrogens is 3. The second-order valence-electron chi connectivity index (χ2n) is 5.91. The van der Waals surface area contributed by atoms with Crippen molar-refractivity contribution in [3.8, 4) is 0 Å². The van der Waals surface area contributed by atoms with Gasteiger partial charge in [0.25, 0.3) is 0 Å². The maximum absolute atomic E-state index is 12.0. The molecule has 0 saturated carbocycles. The van der Waals surface area contributed by atoms with Gasteiger partial charge in [-0.15, -0.1) is 0 Å². The van der Waals surface area contributed by atoms with Crippen LogP contribution in [0.3, 0.4) is 0 Å². The van der Waals surface area contributed by atoms with Crippen LogP contribution in [0.5, 0.6) is 0 Å². The fourth-order valence-electron chi connectivity index (χ4n) is 2.35. The summed E-state index contributed by atoms with van der Waals surface area (Å²) in [6.07, 6.45) is 4.57. The Balaban J connectivity index is 1.67. The van der Waals surface area contributed by atoms with Crippen LogP contribution in [0.25, 0.3) is 6.08 Å². The third kappa shape index (κ3) is 4.79. The molecule has 9 nitrogen and oxygen atoms in total. The average Bonchev–Trinajstić information content (AvgIpc) is 3.19. The van der Waals surface area contributed by atoms with Crippen molar-refractivity contribution in [2.45, 2.75) is 6.54 Å². The Bertz CT molecular complexity index is 754. The normalized spacial score (nSPS) is 14.6. The average molecular weight is 358 g/mol. The summed E-state index contributed by atoms with van der Waals surface area (Å²) >= 11 is 0. The molecule has 3 heterocycles. The number of anilines is 2. The molecule has 0 radical (unpaired) electrons. The lowest BCUT2D eigenvalue weighted by atomic mass is 10.4. The van der Waals surface area contributed by atoms with Crippen LogP contribution in [0.15, 0.2) is 28.9 Å². The molecule has 0 aromatic carbocycles. The summed E-state index contributed by atoms with van der Waals surface area (Å²) in [4.78, 5) is 29.2. The highest BCUT2D eigenvalue weighted by molar-refractivity contribution is 5.91. The molecule has 0 spiro atoms. The van der Waals surface area contributed by atoms with Gasteiger partial charge in [0.2, 0.25) is 17.8 Å². The lowest BCUT2D eigenvalue weighted by molar-refractivity contribution is -0.116. The predicted octanol–water partition coefficient (Wildman–Crippen LogP) is 0.697. The second-order valence-corrected chi connectivity index (χ2v) is 5.91. The minimum absolute atomic E-state index is 0.210. The molecule has 138 valence electrons. The van der Waals surface area contributed by atoms with Gasteiger partial charge in [-0.1, -0.05) is 0 Å². The van der Waals surface area contributed by atoms with Gasteiger partial charge < -0.3 is 24.3 Å². The van der Waals surface area contributed by atoms with E-state index in [2.05, 4.69) is 25.2 Å². The lowest BCUT2D eigenvalue weighted by Crippen LogP contribution is -2.38. The molecule has 1 aliphatic rings. The summed E-state index contributed by atoms with van der Waals surface area (Å²) in [6.45, 7) is 2.96. The standard InChI is InChI=1S/C17H22N6O3/c1-22(2)16-19-14(20-17(21-16)23-7-10-25-11-8-23)12-18-15(24)6-5-13-4-3-9-26-13/h3-6,9H,7-8,10-12H2,1-2H3,(H,18,24)/b6-5+. The number of carbonyl (C=O) groups is 1. The molecule has 2 aromatic rings. The van der Waals surface area contributed by atoms with Crippen molar-refractivity contribution < 1.29 is 13.9 Å². The van der Waals surface area contributed by atoms with Gasteiger partial charge in [-0.25, -0.2) is 0 Å². The predicted molar refractivity (Wildman–Crippen MR) is 96.8 cm³/mol. The fraction of sp³-hybridized carbons (Fsp3) is 0.412. The second kappa shape index (κ2) is 8.43. The molecule has 1 saturated heterocycles. The van der Waals surface area contributed by atoms with Gasteiger partial charge in [-0.05, 0) is 18.2 Å². The highest BCUT2D eigenvalue weighted by Crippen LogP contribution is 2.14. The fourth-order valence-corrected chi connectivity index (χ4v) is 2.35. The van der Waals surface area contributed by atoms with Crippen LogP contribution in [0.4, 0.5) is 11.9 Å². The van der Waals surface area contributed by atoms with Gasteiger partial charge in [0.15, 0.2) is 5.82 Å². The van der Waals surface area contributed by atoms with Crippen LogP contribution in [-0.4, -0.2) is 61.3 Å².